The maximum Gasteiger partial charge on any atom is 0.335 e. The second-order valence-electron chi connectivity index (χ2n) is 7.32. The lowest BCUT2D eigenvalue weighted by atomic mass is 10.0. The predicted molar refractivity (Wildman–Crippen MR) is 108 cm³/mol. The van der Waals surface area contributed by atoms with Crippen LogP contribution in [-0.2, 0) is 14.3 Å². The first-order chi connectivity index (χ1) is 12.6. The first-order valence-electron chi connectivity index (χ1n) is 10.1. The van der Waals surface area contributed by atoms with Crippen LogP contribution in [0.15, 0.2) is 21.3 Å². The van der Waals surface area contributed by atoms with E-state index in [4.69, 9.17) is 4.74 Å². The average molecular weight is 426 g/mol. The van der Waals surface area contributed by atoms with Gasteiger partial charge in [-0.25, -0.2) is 4.79 Å². The van der Waals surface area contributed by atoms with Gasteiger partial charge in [0.1, 0.15) is 0 Å². The predicted octanol–water partition coefficient (Wildman–Crippen LogP) is 5.67. The van der Waals surface area contributed by atoms with Crippen LogP contribution in [0.1, 0.15) is 89.9 Å². The molecule has 1 N–H and O–H groups in total. The highest BCUT2D eigenvalue weighted by atomic mass is 79.9. The molecule has 0 spiro atoms. The molecule has 2 rings (SSSR count). The molecule has 0 aliphatic heterocycles. The molecule has 1 amide bonds. The van der Waals surface area contributed by atoms with E-state index in [1.165, 1.54) is 32.8 Å². The zero-order valence-corrected chi connectivity index (χ0v) is 17.6. The summed E-state index contributed by atoms with van der Waals surface area (Å²) in [6, 6.07) is 0. The number of hydrogen-bond donors (Lipinski definition) is 1. The summed E-state index contributed by atoms with van der Waals surface area (Å²) in [6.07, 6.45) is 14.4. The highest BCUT2D eigenvalue weighted by Gasteiger charge is 2.21. The molecular formula is C21H32BrNO3. The van der Waals surface area contributed by atoms with Crippen LogP contribution in [0.4, 0.5) is 0 Å². The van der Waals surface area contributed by atoms with Crippen molar-refractivity contribution in [2.75, 3.05) is 7.11 Å². The van der Waals surface area contributed by atoms with E-state index < -0.39 is 0 Å². The van der Waals surface area contributed by atoms with Crippen LogP contribution in [-0.4, -0.2) is 19.0 Å². The van der Waals surface area contributed by atoms with Gasteiger partial charge in [0.05, 0.1) is 12.7 Å². The van der Waals surface area contributed by atoms with Gasteiger partial charge in [0.25, 0.3) is 5.91 Å². The molecule has 0 aromatic carbocycles. The molecule has 0 saturated heterocycles. The monoisotopic (exact) mass is 425 g/mol. The normalized spacial score (nSPS) is 26.4. The summed E-state index contributed by atoms with van der Waals surface area (Å²) in [6.45, 7) is 0. The number of amides is 1. The van der Waals surface area contributed by atoms with Crippen LogP contribution >= 0.6 is 15.9 Å². The topological polar surface area (TPSA) is 55.4 Å². The Bertz CT molecular complexity index is 566. The fraction of sp³-hybridized carbons (Fsp3) is 0.714. The molecule has 146 valence electrons. The second kappa shape index (κ2) is 11.6. The van der Waals surface area contributed by atoms with E-state index in [-0.39, 0.29) is 11.9 Å². The van der Waals surface area contributed by atoms with E-state index in [2.05, 4.69) is 21.2 Å². The summed E-state index contributed by atoms with van der Waals surface area (Å²) < 4.78 is 6.02. The zero-order chi connectivity index (χ0) is 18.8. The molecule has 4 nitrogen and oxygen atoms in total. The number of allylic oxidation sites excluding steroid dienone is 2. The van der Waals surface area contributed by atoms with Crippen LogP contribution in [0, 0.1) is 0 Å². The van der Waals surface area contributed by atoms with Gasteiger partial charge in [-0.3, -0.25) is 4.79 Å². The summed E-state index contributed by atoms with van der Waals surface area (Å²) in [4.78, 5) is 25.3. The number of carbonyl (C=O) groups is 2. The van der Waals surface area contributed by atoms with Crippen molar-refractivity contribution >= 4 is 27.8 Å². The van der Waals surface area contributed by atoms with Gasteiger partial charge < -0.3 is 10.1 Å². The number of halogens is 1. The van der Waals surface area contributed by atoms with E-state index >= 15 is 0 Å². The van der Waals surface area contributed by atoms with Gasteiger partial charge in [-0.1, -0.05) is 54.5 Å². The Morgan fingerprint density at radius 1 is 0.769 bits per heavy atom. The average Bonchev–Trinajstić information content (AvgIpc) is 2.81. The number of methoxy groups -OCH3 is 1. The Hall–Kier alpha value is -1.10. The van der Waals surface area contributed by atoms with Gasteiger partial charge in [-0.2, -0.15) is 0 Å². The third-order valence-corrected chi connectivity index (χ3v) is 6.21. The molecule has 5 heteroatoms. The van der Waals surface area contributed by atoms with E-state index in [1.54, 1.807) is 0 Å². The molecule has 0 heterocycles. The summed E-state index contributed by atoms with van der Waals surface area (Å²) in [5.74, 6) is -0.348. The van der Waals surface area contributed by atoms with E-state index in [1.807, 2.05) is 0 Å². The van der Waals surface area contributed by atoms with Crippen LogP contribution < -0.4 is 5.32 Å². The lowest BCUT2D eigenvalue weighted by molar-refractivity contribution is -0.136. The highest BCUT2D eigenvalue weighted by Crippen LogP contribution is 2.28. The fourth-order valence-corrected chi connectivity index (χ4v) is 4.43. The summed E-state index contributed by atoms with van der Waals surface area (Å²) >= 11 is 3.65. The van der Waals surface area contributed by atoms with Crippen molar-refractivity contribution in [3.8, 4) is 0 Å². The smallest absolute Gasteiger partial charge is 0.335 e. The van der Waals surface area contributed by atoms with Gasteiger partial charge in [0.2, 0.25) is 0 Å². The van der Waals surface area contributed by atoms with Crippen LogP contribution in [0.3, 0.4) is 0 Å². The third kappa shape index (κ3) is 6.57. The molecule has 0 bridgehead atoms. The van der Waals surface area contributed by atoms with Crippen LogP contribution in [0.5, 0.6) is 0 Å². The molecule has 0 atom stereocenters. The Labute approximate surface area is 166 Å². The lowest BCUT2D eigenvalue weighted by Gasteiger charge is -2.17. The number of rotatable bonds is 3. The quantitative estimate of drug-likeness (QED) is 0.592. The fourth-order valence-electron chi connectivity index (χ4n) is 3.77. The molecule has 0 aromatic rings. The first-order valence-corrected chi connectivity index (χ1v) is 10.9. The molecular weight excluding hydrogens is 394 g/mol. The van der Waals surface area contributed by atoms with Crippen molar-refractivity contribution in [1.82, 2.24) is 5.32 Å². The summed E-state index contributed by atoms with van der Waals surface area (Å²) in [5, 5.41) is 3.10. The van der Waals surface area contributed by atoms with Crippen LogP contribution in [0.25, 0.3) is 0 Å². The van der Waals surface area contributed by atoms with Crippen molar-refractivity contribution in [3.63, 3.8) is 0 Å². The summed E-state index contributed by atoms with van der Waals surface area (Å²) in [5.41, 5.74) is 2.28. The standard InChI is InChI=1S/C21H32BrNO3/c1-26-21(25)17-13-9-5-3-7-11-15-19(17)23-20(24)16-12-8-4-2-6-10-14-18(16)22/h2-15H2,1H3,(H,23,24)/b18-16-,19-17-. The van der Waals surface area contributed by atoms with Crippen molar-refractivity contribution in [2.24, 2.45) is 0 Å². The van der Waals surface area contributed by atoms with Gasteiger partial charge in [-0.05, 0) is 51.4 Å². The third-order valence-electron chi connectivity index (χ3n) is 5.34. The van der Waals surface area contributed by atoms with E-state index in [0.717, 1.165) is 73.5 Å². The maximum atomic E-state index is 13.0. The van der Waals surface area contributed by atoms with Gasteiger partial charge in [0.15, 0.2) is 0 Å². The van der Waals surface area contributed by atoms with Crippen molar-refractivity contribution in [1.29, 1.82) is 0 Å². The lowest BCUT2D eigenvalue weighted by Crippen LogP contribution is -2.28. The zero-order valence-electron chi connectivity index (χ0n) is 16.0. The number of esters is 1. The highest BCUT2D eigenvalue weighted by molar-refractivity contribution is 9.11. The second-order valence-corrected chi connectivity index (χ2v) is 8.28. The Morgan fingerprint density at radius 3 is 1.88 bits per heavy atom. The van der Waals surface area contributed by atoms with Crippen molar-refractivity contribution < 1.29 is 14.3 Å². The largest absolute Gasteiger partial charge is 0.466 e. The van der Waals surface area contributed by atoms with Crippen LogP contribution in [0.2, 0.25) is 0 Å². The maximum absolute atomic E-state index is 13.0. The molecule has 0 radical (unpaired) electrons. The number of hydrogen-bond acceptors (Lipinski definition) is 3. The number of nitrogens with one attached hydrogen (secondary N) is 1. The van der Waals surface area contributed by atoms with Crippen molar-refractivity contribution in [2.45, 2.75) is 89.9 Å². The number of carbonyl (C=O) groups excluding carboxylic acids is 2. The Morgan fingerprint density at radius 2 is 1.27 bits per heavy atom. The van der Waals surface area contributed by atoms with Gasteiger partial charge >= 0.3 is 5.97 Å². The minimum Gasteiger partial charge on any atom is -0.466 e. The molecule has 0 fully saturated rings. The molecule has 26 heavy (non-hydrogen) atoms. The number of ether oxygens (including phenoxy) is 1. The van der Waals surface area contributed by atoms with Gasteiger partial charge in [0, 0.05) is 15.8 Å². The van der Waals surface area contributed by atoms with E-state index in [9.17, 15) is 9.59 Å². The molecule has 2 aliphatic carbocycles. The first kappa shape index (κ1) is 21.2. The molecule has 2 aliphatic rings. The van der Waals surface area contributed by atoms with E-state index in [0.29, 0.717) is 12.0 Å². The molecule has 0 saturated carbocycles. The van der Waals surface area contributed by atoms with Crippen molar-refractivity contribution in [3.05, 3.63) is 21.3 Å². The molecule has 0 unspecified atom stereocenters. The molecule has 0 aromatic heterocycles. The minimum absolute atomic E-state index is 0.0468. The summed E-state index contributed by atoms with van der Waals surface area (Å²) in [7, 11) is 1.42. The SMILES string of the molecule is COC(=O)/C1=C(\NC(=O)/C2=C(\Br)CCCCCCC2)CCCCCCC1. The Balaban J connectivity index is 2.22. The van der Waals surface area contributed by atoms with Gasteiger partial charge in [-0.15, -0.1) is 0 Å². The minimum atomic E-state index is -0.301. The Kier molecular flexibility index (Phi) is 9.44.